The minimum absolute atomic E-state index is 0.0397. The second-order valence-corrected chi connectivity index (χ2v) is 8.79. The maximum absolute atomic E-state index is 12.8. The first-order valence-electron chi connectivity index (χ1n) is 7.96. The number of hydrogen-bond acceptors (Lipinski definition) is 5. The van der Waals surface area contributed by atoms with Crippen molar-refractivity contribution in [2.75, 3.05) is 13.1 Å². The summed E-state index contributed by atoms with van der Waals surface area (Å²) in [5, 5.41) is 28.8. The molecule has 8 heteroatoms. The van der Waals surface area contributed by atoms with Crippen LogP contribution in [0.3, 0.4) is 0 Å². The molecular formula is C17H22N2O5S. The normalized spacial score (nSPS) is 18.5. The Kier molecular flexibility index (Phi) is 5.23. The largest absolute Gasteiger partial charge is 0.481 e. The summed E-state index contributed by atoms with van der Waals surface area (Å²) in [6.45, 7) is 2.98. The smallest absolute Gasteiger partial charge is 0.312 e. The number of sulfonamides is 1. The lowest BCUT2D eigenvalue weighted by molar-refractivity contribution is -0.169. The van der Waals surface area contributed by atoms with Crippen LogP contribution in [-0.2, 0) is 21.2 Å². The molecule has 0 aromatic heterocycles. The molecule has 1 heterocycles. The summed E-state index contributed by atoms with van der Waals surface area (Å²) in [7, 11) is -3.75. The van der Waals surface area contributed by atoms with Crippen molar-refractivity contribution >= 4 is 16.0 Å². The third kappa shape index (κ3) is 3.54. The van der Waals surface area contributed by atoms with Crippen molar-refractivity contribution in [3.05, 3.63) is 29.8 Å². The second kappa shape index (κ2) is 6.75. The molecule has 25 heavy (non-hydrogen) atoms. The van der Waals surface area contributed by atoms with Crippen molar-refractivity contribution in [1.82, 2.24) is 4.31 Å². The van der Waals surface area contributed by atoms with Crippen LogP contribution in [0.5, 0.6) is 0 Å². The molecule has 1 aromatic carbocycles. The Morgan fingerprint density at radius 1 is 1.36 bits per heavy atom. The molecule has 0 aliphatic carbocycles. The molecule has 7 nitrogen and oxygen atoms in total. The molecule has 1 saturated heterocycles. The molecule has 2 N–H and O–H groups in total. The van der Waals surface area contributed by atoms with Crippen LogP contribution >= 0.6 is 0 Å². The molecule has 0 spiro atoms. The van der Waals surface area contributed by atoms with Gasteiger partial charge in [0.2, 0.25) is 10.0 Å². The van der Waals surface area contributed by atoms with Crippen LogP contribution in [-0.4, -0.2) is 47.6 Å². The quantitative estimate of drug-likeness (QED) is 0.812. The monoisotopic (exact) mass is 366 g/mol. The number of hydrogen-bond donors (Lipinski definition) is 2. The fraction of sp³-hybridized carbons (Fsp3) is 0.529. The van der Waals surface area contributed by atoms with E-state index in [1.165, 1.54) is 30.3 Å². The van der Waals surface area contributed by atoms with Crippen LogP contribution < -0.4 is 0 Å². The van der Waals surface area contributed by atoms with E-state index in [2.05, 4.69) is 0 Å². The number of nitrogens with zero attached hydrogens (tertiary/aromatic N) is 2. The molecule has 1 aliphatic rings. The van der Waals surface area contributed by atoms with Gasteiger partial charge in [0.1, 0.15) is 0 Å². The van der Waals surface area contributed by atoms with E-state index in [1.54, 1.807) is 12.1 Å². The summed E-state index contributed by atoms with van der Waals surface area (Å²) >= 11 is 0. The number of aliphatic hydroxyl groups is 1. The molecule has 1 aromatic rings. The Morgan fingerprint density at radius 3 is 2.48 bits per heavy atom. The predicted molar refractivity (Wildman–Crippen MR) is 90.1 cm³/mol. The molecule has 0 amide bonds. The summed E-state index contributed by atoms with van der Waals surface area (Å²) in [6, 6.07) is 8.20. The van der Waals surface area contributed by atoms with Gasteiger partial charge in [-0.3, -0.25) is 4.79 Å². The molecule has 1 fully saturated rings. The van der Waals surface area contributed by atoms with Gasteiger partial charge in [-0.15, -0.1) is 0 Å². The highest BCUT2D eigenvalue weighted by molar-refractivity contribution is 7.89. The number of rotatable bonds is 5. The van der Waals surface area contributed by atoms with Gasteiger partial charge in [-0.25, -0.2) is 8.42 Å². The third-order valence-electron chi connectivity index (χ3n) is 5.07. The Labute approximate surface area is 147 Å². The number of benzene rings is 1. The molecular weight excluding hydrogens is 344 g/mol. The SMILES string of the molecule is CC(C)(C(=O)O)C1(O)CCN(S(=O)(=O)c2cccc(CC#N)c2)CC1. The molecule has 0 radical (unpaired) electrons. The number of carbonyl (C=O) groups is 1. The van der Waals surface area contributed by atoms with Gasteiger partial charge in [-0.2, -0.15) is 9.57 Å². The van der Waals surface area contributed by atoms with E-state index in [0.717, 1.165) is 0 Å². The third-order valence-corrected chi connectivity index (χ3v) is 6.96. The maximum Gasteiger partial charge on any atom is 0.312 e. The van der Waals surface area contributed by atoms with Crippen molar-refractivity contribution in [3.8, 4) is 6.07 Å². The van der Waals surface area contributed by atoms with Gasteiger partial charge in [-0.1, -0.05) is 12.1 Å². The van der Waals surface area contributed by atoms with Crippen LogP contribution in [0, 0.1) is 16.7 Å². The van der Waals surface area contributed by atoms with Crippen molar-refractivity contribution in [1.29, 1.82) is 5.26 Å². The van der Waals surface area contributed by atoms with E-state index in [9.17, 15) is 23.4 Å². The number of nitriles is 1. The Balaban J connectivity index is 2.21. The van der Waals surface area contributed by atoms with Gasteiger partial charge in [0.15, 0.2) is 0 Å². The van der Waals surface area contributed by atoms with E-state index in [4.69, 9.17) is 5.26 Å². The summed E-state index contributed by atoms with van der Waals surface area (Å²) in [6.07, 6.45) is 0.211. The fourth-order valence-electron chi connectivity index (χ4n) is 2.98. The topological polar surface area (TPSA) is 119 Å². The molecule has 1 aliphatic heterocycles. The molecule has 0 atom stereocenters. The number of aliphatic carboxylic acids is 1. The summed E-state index contributed by atoms with van der Waals surface area (Å²) in [4.78, 5) is 11.5. The van der Waals surface area contributed by atoms with Crippen LogP contribution in [0.25, 0.3) is 0 Å². The van der Waals surface area contributed by atoms with Gasteiger partial charge < -0.3 is 10.2 Å². The molecule has 2 rings (SSSR count). The zero-order valence-corrected chi connectivity index (χ0v) is 15.1. The van der Waals surface area contributed by atoms with Gasteiger partial charge in [-0.05, 0) is 44.4 Å². The fourth-order valence-corrected chi connectivity index (χ4v) is 4.49. The maximum atomic E-state index is 12.8. The van der Waals surface area contributed by atoms with Crippen molar-refractivity contribution in [2.45, 2.75) is 43.6 Å². The van der Waals surface area contributed by atoms with Crippen LogP contribution in [0.15, 0.2) is 29.2 Å². The van der Waals surface area contributed by atoms with E-state index in [1.807, 2.05) is 6.07 Å². The lowest BCUT2D eigenvalue weighted by Gasteiger charge is -2.45. The van der Waals surface area contributed by atoms with Crippen molar-refractivity contribution in [3.63, 3.8) is 0 Å². The molecule has 136 valence electrons. The van der Waals surface area contributed by atoms with E-state index in [-0.39, 0.29) is 37.2 Å². The highest BCUT2D eigenvalue weighted by Gasteiger charge is 2.51. The van der Waals surface area contributed by atoms with Gasteiger partial charge >= 0.3 is 5.97 Å². The van der Waals surface area contributed by atoms with Crippen molar-refractivity contribution in [2.24, 2.45) is 5.41 Å². The minimum Gasteiger partial charge on any atom is -0.481 e. The zero-order chi connectivity index (χ0) is 18.9. The lowest BCUT2D eigenvalue weighted by Crippen LogP contribution is -2.56. The first-order valence-corrected chi connectivity index (χ1v) is 9.40. The minimum atomic E-state index is -3.75. The molecule has 0 bridgehead atoms. The first-order chi connectivity index (χ1) is 11.5. The Morgan fingerprint density at radius 2 is 1.96 bits per heavy atom. The van der Waals surface area contributed by atoms with Crippen LogP contribution in [0.2, 0.25) is 0 Å². The zero-order valence-electron chi connectivity index (χ0n) is 14.3. The van der Waals surface area contributed by atoms with Gasteiger partial charge in [0.05, 0.1) is 28.4 Å². The highest BCUT2D eigenvalue weighted by atomic mass is 32.2. The Bertz CT molecular complexity index is 803. The summed E-state index contributed by atoms with van der Waals surface area (Å²) < 4.78 is 26.8. The average molecular weight is 366 g/mol. The van der Waals surface area contributed by atoms with Crippen LogP contribution in [0.4, 0.5) is 0 Å². The number of carboxylic acids is 1. The Hall–Kier alpha value is -1.95. The standard InChI is InChI=1S/C17H22N2O5S/c1-16(2,15(20)21)17(22)7-10-19(11-8-17)25(23,24)14-5-3-4-13(12-14)6-9-18/h3-5,12,22H,6-8,10-11H2,1-2H3,(H,20,21). The van der Waals surface area contributed by atoms with E-state index in [0.29, 0.717) is 5.56 Å². The average Bonchev–Trinajstić information content (AvgIpc) is 2.55. The lowest BCUT2D eigenvalue weighted by atomic mass is 9.70. The predicted octanol–water partition coefficient (Wildman–Crippen LogP) is 1.38. The second-order valence-electron chi connectivity index (χ2n) is 6.85. The van der Waals surface area contributed by atoms with Crippen LogP contribution in [0.1, 0.15) is 32.3 Å². The number of piperidine rings is 1. The molecule has 0 unspecified atom stereocenters. The van der Waals surface area contributed by atoms with Gasteiger partial charge in [0.25, 0.3) is 0 Å². The first kappa shape index (κ1) is 19.4. The number of carboxylic acid groups (broad SMARTS) is 1. The van der Waals surface area contributed by atoms with E-state index >= 15 is 0 Å². The van der Waals surface area contributed by atoms with Crippen molar-refractivity contribution < 1.29 is 23.4 Å². The van der Waals surface area contributed by atoms with E-state index < -0.39 is 27.0 Å². The molecule has 0 saturated carbocycles. The summed E-state index contributed by atoms with van der Waals surface area (Å²) in [5.74, 6) is -1.12. The van der Waals surface area contributed by atoms with Gasteiger partial charge in [0, 0.05) is 13.1 Å². The summed E-state index contributed by atoms with van der Waals surface area (Å²) in [5.41, 5.74) is -2.22. The highest BCUT2D eigenvalue weighted by Crippen LogP contribution is 2.40.